The van der Waals surface area contributed by atoms with Crippen LogP contribution in [-0.4, -0.2) is 4.98 Å². The van der Waals surface area contributed by atoms with Crippen molar-refractivity contribution < 1.29 is 8.78 Å². The number of nitrogens with zero attached hydrogens (tertiary/aromatic N) is 1. The van der Waals surface area contributed by atoms with Gasteiger partial charge in [-0.25, -0.2) is 8.78 Å². The van der Waals surface area contributed by atoms with E-state index in [4.69, 9.17) is 11.5 Å². The van der Waals surface area contributed by atoms with E-state index >= 15 is 0 Å². The van der Waals surface area contributed by atoms with E-state index in [1.165, 1.54) is 6.92 Å². The number of aromatic nitrogens is 1. The number of rotatable bonds is 1. The average Bonchev–Trinajstić information content (AvgIpc) is 2.00. The van der Waals surface area contributed by atoms with Crippen LogP contribution in [0.1, 0.15) is 17.7 Å². The van der Waals surface area contributed by atoms with E-state index in [1.54, 1.807) is 0 Å². The third-order valence-corrected chi connectivity index (χ3v) is 1.65. The second kappa shape index (κ2) is 2.92. The fourth-order valence-electron chi connectivity index (χ4n) is 0.880. The van der Waals surface area contributed by atoms with Crippen LogP contribution < -0.4 is 11.5 Å². The van der Waals surface area contributed by atoms with Gasteiger partial charge < -0.3 is 11.5 Å². The Morgan fingerprint density at radius 3 is 2.50 bits per heavy atom. The molecule has 1 aromatic heterocycles. The number of pyridine rings is 1. The Morgan fingerprint density at radius 2 is 2.00 bits per heavy atom. The summed E-state index contributed by atoms with van der Waals surface area (Å²) in [4.78, 5) is 3.48. The fourth-order valence-corrected chi connectivity index (χ4v) is 0.880. The van der Waals surface area contributed by atoms with E-state index in [-0.39, 0.29) is 22.6 Å². The van der Waals surface area contributed by atoms with Gasteiger partial charge in [-0.3, -0.25) is 4.98 Å². The molecule has 0 amide bonds. The van der Waals surface area contributed by atoms with Crippen LogP contribution in [-0.2, 0) is 0 Å². The molecule has 0 spiro atoms. The molecule has 0 atom stereocenters. The summed E-state index contributed by atoms with van der Waals surface area (Å²) in [5.74, 6) is 0. The molecule has 0 radical (unpaired) electrons. The highest BCUT2D eigenvalue weighted by molar-refractivity contribution is 5.66. The molecule has 1 rings (SSSR count). The van der Waals surface area contributed by atoms with Crippen molar-refractivity contribution >= 4 is 11.4 Å². The predicted octanol–water partition coefficient (Wildman–Crippen LogP) is 1.49. The Morgan fingerprint density at radius 1 is 1.42 bits per heavy atom. The summed E-state index contributed by atoms with van der Waals surface area (Å²) in [7, 11) is 0. The van der Waals surface area contributed by atoms with E-state index in [1.807, 2.05) is 0 Å². The number of alkyl halides is 2. The number of anilines is 2. The molecular weight excluding hydrogens is 164 g/mol. The van der Waals surface area contributed by atoms with Gasteiger partial charge in [-0.2, -0.15) is 0 Å². The van der Waals surface area contributed by atoms with E-state index < -0.39 is 6.43 Å². The van der Waals surface area contributed by atoms with Crippen LogP contribution in [0.2, 0.25) is 0 Å². The van der Waals surface area contributed by atoms with E-state index in [0.717, 1.165) is 6.20 Å². The molecule has 3 nitrogen and oxygen atoms in total. The zero-order valence-electron chi connectivity index (χ0n) is 6.51. The molecule has 5 heteroatoms. The van der Waals surface area contributed by atoms with Crippen molar-refractivity contribution in [1.82, 2.24) is 4.98 Å². The van der Waals surface area contributed by atoms with Crippen molar-refractivity contribution in [3.63, 3.8) is 0 Å². The first-order valence-corrected chi connectivity index (χ1v) is 3.32. The molecule has 1 aromatic rings. The summed E-state index contributed by atoms with van der Waals surface area (Å²) in [5, 5.41) is 0. The number of hydrogen-bond donors (Lipinski definition) is 2. The van der Waals surface area contributed by atoms with Crippen LogP contribution >= 0.6 is 0 Å². The van der Waals surface area contributed by atoms with Gasteiger partial charge in [0, 0.05) is 5.56 Å². The molecule has 12 heavy (non-hydrogen) atoms. The van der Waals surface area contributed by atoms with Crippen molar-refractivity contribution in [2.45, 2.75) is 13.3 Å². The monoisotopic (exact) mass is 173 g/mol. The van der Waals surface area contributed by atoms with Gasteiger partial charge in [-0.1, -0.05) is 0 Å². The number of halogens is 2. The Hall–Kier alpha value is -1.39. The minimum absolute atomic E-state index is 0.181. The topological polar surface area (TPSA) is 64.9 Å². The molecule has 0 saturated carbocycles. The summed E-state index contributed by atoms with van der Waals surface area (Å²) >= 11 is 0. The van der Waals surface area contributed by atoms with Gasteiger partial charge >= 0.3 is 0 Å². The predicted molar refractivity (Wildman–Crippen MR) is 42.8 cm³/mol. The summed E-state index contributed by atoms with van der Waals surface area (Å²) in [6.45, 7) is 1.47. The van der Waals surface area contributed by atoms with Crippen LogP contribution in [0.25, 0.3) is 0 Å². The molecule has 66 valence electrons. The highest BCUT2D eigenvalue weighted by atomic mass is 19.3. The third kappa shape index (κ3) is 1.30. The van der Waals surface area contributed by atoms with Crippen molar-refractivity contribution in [2.24, 2.45) is 0 Å². The minimum atomic E-state index is -2.60. The van der Waals surface area contributed by atoms with Gasteiger partial charge in [0.05, 0.1) is 17.6 Å². The summed E-state index contributed by atoms with van der Waals surface area (Å²) in [6.07, 6.45) is -1.46. The summed E-state index contributed by atoms with van der Waals surface area (Å²) in [5.41, 5.74) is 11.1. The first-order chi connectivity index (χ1) is 5.54. The van der Waals surface area contributed by atoms with Gasteiger partial charge in [0.1, 0.15) is 5.69 Å². The molecule has 0 unspecified atom stereocenters. The molecule has 0 fully saturated rings. The number of hydrogen-bond acceptors (Lipinski definition) is 3. The lowest BCUT2D eigenvalue weighted by Gasteiger charge is -2.07. The first-order valence-electron chi connectivity index (χ1n) is 3.32. The first kappa shape index (κ1) is 8.70. The molecule has 0 aromatic carbocycles. The molecular formula is C7H9F2N3. The SMILES string of the molecule is Cc1c(C(F)F)ncc(N)c1N. The van der Waals surface area contributed by atoms with Crippen LogP contribution in [0.3, 0.4) is 0 Å². The second-order valence-corrected chi connectivity index (χ2v) is 2.44. The van der Waals surface area contributed by atoms with E-state index in [0.29, 0.717) is 0 Å². The average molecular weight is 173 g/mol. The fraction of sp³-hybridized carbons (Fsp3) is 0.286. The third-order valence-electron chi connectivity index (χ3n) is 1.65. The van der Waals surface area contributed by atoms with Crippen LogP contribution in [0, 0.1) is 6.92 Å². The van der Waals surface area contributed by atoms with Crippen LogP contribution in [0.15, 0.2) is 6.20 Å². The highest BCUT2D eigenvalue weighted by Gasteiger charge is 2.14. The Kier molecular flexibility index (Phi) is 2.12. The Bertz CT molecular complexity index is 299. The van der Waals surface area contributed by atoms with Crippen molar-refractivity contribution in [3.8, 4) is 0 Å². The standard InChI is InChI=1S/C7H9F2N3/c1-3-5(11)4(10)2-12-6(3)7(8)9/h2,7H,10H2,1H3,(H2,11,12). The zero-order valence-corrected chi connectivity index (χ0v) is 6.51. The Labute approximate surface area is 68.4 Å². The van der Waals surface area contributed by atoms with Crippen molar-refractivity contribution in [2.75, 3.05) is 11.5 Å². The number of nitrogen functional groups attached to an aromatic ring is 2. The van der Waals surface area contributed by atoms with Gasteiger partial charge in [-0.05, 0) is 6.92 Å². The van der Waals surface area contributed by atoms with Gasteiger partial charge in [0.15, 0.2) is 0 Å². The van der Waals surface area contributed by atoms with Gasteiger partial charge in [0.25, 0.3) is 6.43 Å². The summed E-state index contributed by atoms with van der Waals surface area (Å²) in [6, 6.07) is 0. The molecule has 1 heterocycles. The summed E-state index contributed by atoms with van der Waals surface area (Å²) < 4.78 is 24.4. The minimum Gasteiger partial charge on any atom is -0.397 e. The van der Waals surface area contributed by atoms with Crippen LogP contribution in [0.5, 0.6) is 0 Å². The maximum absolute atomic E-state index is 12.2. The van der Waals surface area contributed by atoms with E-state index in [9.17, 15) is 8.78 Å². The molecule has 0 aliphatic heterocycles. The van der Waals surface area contributed by atoms with Crippen LogP contribution in [0.4, 0.5) is 20.2 Å². The van der Waals surface area contributed by atoms with Crippen molar-refractivity contribution in [1.29, 1.82) is 0 Å². The Balaban J connectivity index is 3.27. The smallest absolute Gasteiger partial charge is 0.280 e. The second-order valence-electron chi connectivity index (χ2n) is 2.44. The molecule has 0 aliphatic rings. The van der Waals surface area contributed by atoms with E-state index in [2.05, 4.69) is 4.98 Å². The largest absolute Gasteiger partial charge is 0.397 e. The van der Waals surface area contributed by atoms with Crippen molar-refractivity contribution in [3.05, 3.63) is 17.5 Å². The van der Waals surface area contributed by atoms with Gasteiger partial charge in [-0.15, -0.1) is 0 Å². The zero-order chi connectivity index (χ0) is 9.30. The lowest BCUT2D eigenvalue weighted by Crippen LogP contribution is -2.03. The van der Waals surface area contributed by atoms with Gasteiger partial charge in [0.2, 0.25) is 0 Å². The quantitative estimate of drug-likeness (QED) is 0.676. The lowest BCUT2D eigenvalue weighted by atomic mass is 10.1. The molecule has 0 aliphatic carbocycles. The normalized spacial score (nSPS) is 10.7. The number of nitrogens with two attached hydrogens (primary N) is 2. The highest BCUT2D eigenvalue weighted by Crippen LogP contribution is 2.27. The maximum atomic E-state index is 12.2. The maximum Gasteiger partial charge on any atom is 0.280 e. The molecule has 4 N–H and O–H groups in total. The lowest BCUT2D eigenvalue weighted by molar-refractivity contribution is 0.145. The molecule has 0 bridgehead atoms. The molecule has 0 saturated heterocycles.